The van der Waals surface area contributed by atoms with E-state index in [1.165, 1.54) is 35.4 Å². The number of amides is 6. The minimum Gasteiger partial charge on any atom is -0.479 e. The third kappa shape index (κ3) is 12.3. The van der Waals surface area contributed by atoms with Crippen LogP contribution < -0.4 is 31.5 Å². The summed E-state index contributed by atoms with van der Waals surface area (Å²) < 4.78 is 79.8. The third-order valence-corrected chi connectivity index (χ3v) is 11.1. The van der Waals surface area contributed by atoms with Gasteiger partial charge in [0, 0.05) is 47.6 Å². The molecule has 22 heteroatoms. The number of carboxylic acid groups (broad SMARTS) is 1. The number of aliphatic carboxylic acids is 1. The van der Waals surface area contributed by atoms with Crippen molar-refractivity contribution in [1.82, 2.24) is 25.8 Å². The molecule has 0 bridgehead atoms. The fourth-order valence-corrected chi connectivity index (χ4v) is 7.91. The lowest BCUT2D eigenvalue weighted by molar-refractivity contribution is -0.139. The van der Waals surface area contributed by atoms with Crippen molar-refractivity contribution >= 4 is 52.6 Å². The van der Waals surface area contributed by atoms with E-state index in [1.54, 1.807) is 97.1 Å². The molecule has 3 aliphatic rings. The monoisotopic (exact) mass is 970 g/mol. The summed E-state index contributed by atoms with van der Waals surface area (Å²) in [7, 11) is 0. The summed E-state index contributed by atoms with van der Waals surface area (Å²) in [5.74, 6) is -3.22. The lowest BCUT2D eigenvalue weighted by atomic mass is 10.0. The topological polar surface area (TPSA) is 215 Å². The van der Waals surface area contributed by atoms with Gasteiger partial charge in [-0.2, -0.15) is 26.3 Å². The van der Waals surface area contributed by atoms with Gasteiger partial charge in [-0.15, -0.1) is 0 Å². The Morgan fingerprint density at radius 2 is 1.14 bits per heavy atom. The number of likely N-dealkylation sites (tertiary alicyclic amines) is 1. The van der Waals surface area contributed by atoms with Crippen LogP contribution in [0.2, 0.25) is 0 Å². The van der Waals surface area contributed by atoms with Crippen LogP contribution in [0.25, 0.3) is 0 Å². The molecule has 3 aliphatic heterocycles. The van der Waals surface area contributed by atoms with Crippen LogP contribution in [0.3, 0.4) is 0 Å². The highest BCUT2D eigenvalue weighted by Crippen LogP contribution is 2.33. The number of fused-ring (bicyclic) bond motifs is 2. The van der Waals surface area contributed by atoms with Crippen LogP contribution in [0.4, 0.5) is 47.3 Å². The second-order valence-corrected chi connectivity index (χ2v) is 16.0. The van der Waals surface area contributed by atoms with Crippen LogP contribution in [0.5, 0.6) is 0 Å². The van der Waals surface area contributed by atoms with Gasteiger partial charge in [0.2, 0.25) is 6.17 Å². The normalized spacial score (nSPS) is 17.8. The molecule has 4 aromatic carbocycles. The van der Waals surface area contributed by atoms with Crippen LogP contribution in [-0.4, -0.2) is 113 Å². The molecule has 0 radical (unpaired) electrons. The third-order valence-electron chi connectivity index (χ3n) is 11.1. The lowest BCUT2D eigenvalue weighted by Gasteiger charge is -2.33. The van der Waals surface area contributed by atoms with Gasteiger partial charge in [0.25, 0.3) is 11.8 Å². The van der Waals surface area contributed by atoms with Gasteiger partial charge in [0.1, 0.15) is 13.1 Å². The van der Waals surface area contributed by atoms with E-state index in [1.807, 2.05) is 6.07 Å². The number of nitrogens with two attached hydrogens (primary N) is 1. The van der Waals surface area contributed by atoms with Crippen molar-refractivity contribution in [3.05, 3.63) is 162 Å². The number of anilines is 2. The number of urea groups is 2. The predicted octanol–water partition coefficient (Wildman–Crippen LogP) is 6.17. The maximum atomic E-state index is 13.7. The quantitative estimate of drug-likeness (QED) is 0.108. The zero-order chi connectivity index (χ0) is 50.2. The number of carboxylic acids is 1. The molecule has 1 aromatic heterocycles. The summed E-state index contributed by atoms with van der Waals surface area (Å²) in [6.07, 6.45) is -10.3. The van der Waals surface area contributed by atoms with Crippen LogP contribution in [0.1, 0.15) is 46.8 Å². The summed E-state index contributed by atoms with van der Waals surface area (Å²) in [6.45, 7) is -2.70. The van der Waals surface area contributed by atoms with E-state index in [-0.39, 0.29) is 35.9 Å². The highest BCUT2D eigenvalue weighted by atomic mass is 19.4. The van der Waals surface area contributed by atoms with Crippen molar-refractivity contribution in [3.8, 4) is 0 Å². The van der Waals surface area contributed by atoms with E-state index in [0.29, 0.717) is 50.6 Å². The zero-order valence-corrected chi connectivity index (χ0v) is 36.8. The number of carbonyl (C=O) groups is 5. The largest absolute Gasteiger partial charge is 0.479 e. The first-order chi connectivity index (χ1) is 33.4. The van der Waals surface area contributed by atoms with Crippen molar-refractivity contribution in [2.24, 2.45) is 15.7 Å². The number of halogens is 6. The number of carbonyl (C=O) groups excluding carboxylic acids is 4. The molecule has 5 aromatic rings. The Morgan fingerprint density at radius 3 is 1.64 bits per heavy atom. The number of rotatable bonds is 9. The van der Waals surface area contributed by atoms with Crippen LogP contribution in [-0.2, 0) is 14.4 Å². The summed E-state index contributed by atoms with van der Waals surface area (Å²) in [6, 6.07) is 31.5. The van der Waals surface area contributed by atoms with Crippen molar-refractivity contribution in [2.45, 2.75) is 49.6 Å². The fraction of sp³-hybridized carbons (Fsp3) is 0.250. The standard InChI is InChI=1S/C31H30F3N7O5.C17H14F3N3O/c32-31(33,34)18-41-23-12-5-4-10-21(23)24(19-8-2-1-3-9-19)37-26(27(41)42)39-30(46)40-16-13-20(14-17-40)36-29(45)38-25(28(43)44)22-11-6-7-15-35-22;18-17(19,20)10-23-13-9-5-4-8-12(13)14(22-15(21)16(23)24)11-6-2-1-3-7-11/h1-12,15,20,25-26H,13-14,16-18H2,(H,39,46)(H,43,44)(H2,36,38,45);1-9,15H,10,21H2/t25?,26-;15-/m01/s1. The van der Waals surface area contributed by atoms with Gasteiger partial charge in [-0.25, -0.2) is 19.4 Å². The number of alkyl halides is 6. The zero-order valence-electron chi connectivity index (χ0n) is 36.8. The minimum atomic E-state index is -4.72. The second kappa shape index (κ2) is 21.4. The Bertz CT molecular complexity index is 2760. The average Bonchev–Trinajstić information content (AvgIpc) is 3.51. The number of para-hydroxylation sites is 2. The van der Waals surface area contributed by atoms with Gasteiger partial charge in [-0.1, -0.05) is 103 Å². The number of aromatic nitrogens is 1. The van der Waals surface area contributed by atoms with Gasteiger partial charge in [0.15, 0.2) is 12.2 Å². The molecular formula is C48H44F6N10O6. The van der Waals surface area contributed by atoms with Crippen LogP contribution >= 0.6 is 0 Å². The molecule has 1 saturated heterocycles. The molecular weight excluding hydrogens is 927 g/mol. The van der Waals surface area contributed by atoms with Crippen LogP contribution in [0.15, 0.2) is 144 Å². The Kier molecular flexibility index (Phi) is 15.2. The number of nitrogens with zero attached hydrogens (tertiary/aromatic N) is 6. The van der Waals surface area contributed by atoms with E-state index >= 15 is 0 Å². The van der Waals surface area contributed by atoms with E-state index in [4.69, 9.17) is 5.73 Å². The highest BCUT2D eigenvalue weighted by Gasteiger charge is 2.41. The second-order valence-electron chi connectivity index (χ2n) is 16.0. The summed E-state index contributed by atoms with van der Waals surface area (Å²) in [4.78, 5) is 78.8. The predicted molar refractivity (Wildman–Crippen MR) is 245 cm³/mol. The molecule has 6 N–H and O–H groups in total. The van der Waals surface area contributed by atoms with Crippen molar-refractivity contribution in [1.29, 1.82) is 0 Å². The highest BCUT2D eigenvalue weighted by molar-refractivity contribution is 6.21. The van der Waals surface area contributed by atoms with Crippen molar-refractivity contribution in [2.75, 3.05) is 36.0 Å². The van der Waals surface area contributed by atoms with E-state index < -0.39 is 79.7 Å². The van der Waals surface area contributed by atoms with Gasteiger partial charge < -0.3 is 31.7 Å². The van der Waals surface area contributed by atoms with Crippen LogP contribution in [0, 0.1) is 0 Å². The minimum absolute atomic E-state index is 0.0162. The maximum absolute atomic E-state index is 13.7. The summed E-state index contributed by atoms with van der Waals surface area (Å²) >= 11 is 0. The Morgan fingerprint density at radius 1 is 0.657 bits per heavy atom. The molecule has 3 atom stereocenters. The smallest absolute Gasteiger partial charge is 0.406 e. The van der Waals surface area contributed by atoms with E-state index in [0.717, 1.165) is 0 Å². The molecule has 0 saturated carbocycles. The molecule has 0 spiro atoms. The molecule has 364 valence electrons. The number of benzene rings is 4. The Labute approximate surface area is 395 Å². The first-order valence-corrected chi connectivity index (χ1v) is 21.6. The molecule has 0 aliphatic carbocycles. The molecule has 1 fully saturated rings. The van der Waals surface area contributed by atoms with E-state index in [9.17, 15) is 55.4 Å². The molecule has 6 amide bonds. The Balaban J connectivity index is 0.000000252. The van der Waals surface area contributed by atoms with Gasteiger partial charge >= 0.3 is 30.4 Å². The number of aliphatic imine (C=N–C) groups is 2. The summed E-state index contributed by atoms with van der Waals surface area (Å²) in [5, 5.41) is 17.1. The number of hydrogen-bond donors (Lipinski definition) is 5. The molecule has 70 heavy (non-hydrogen) atoms. The van der Waals surface area contributed by atoms with Crippen molar-refractivity contribution < 1.29 is 55.4 Å². The fourth-order valence-electron chi connectivity index (χ4n) is 7.91. The SMILES string of the molecule is N[C@@H]1N=C(c2ccccc2)c2ccccc2N(CC(F)(F)F)C1=O.O=C(NC1CCN(C(=O)N[C@@H]2N=C(c3ccccc3)c3ccccc3N(CC(F)(F)F)C2=O)CC1)NC(C(=O)O)c1ccccn1. The molecule has 1 unspecified atom stereocenters. The summed E-state index contributed by atoms with van der Waals surface area (Å²) in [5.41, 5.74) is 8.69. The van der Waals surface area contributed by atoms with Crippen molar-refractivity contribution in [3.63, 3.8) is 0 Å². The number of benzodiazepines with no additional fused rings is 2. The first kappa shape index (κ1) is 49.8. The number of piperidine rings is 1. The number of pyridine rings is 1. The lowest BCUT2D eigenvalue weighted by Crippen LogP contribution is -2.55. The van der Waals surface area contributed by atoms with Gasteiger partial charge in [-0.3, -0.25) is 29.4 Å². The number of nitrogens with one attached hydrogen (secondary N) is 3. The molecule has 8 rings (SSSR count). The maximum Gasteiger partial charge on any atom is 0.406 e. The van der Waals surface area contributed by atoms with Gasteiger partial charge in [-0.05, 0) is 37.1 Å². The van der Waals surface area contributed by atoms with E-state index in [2.05, 4.69) is 30.9 Å². The first-order valence-electron chi connectivity index (χ1n) is 21.6. The molecule has 4 heterocycles. The average molecular weight is 971 g/mol. The Hall–Kier alpha value is -8.14. The van der Waals surface area contributed by atoms with Gasteiger partial charge in [0.05, 0.1) is 28.5 Å². The number of hydrogen-bond acceptors (Lipinski definition) is 9. The molecule has 16 nitrogen and oxygen atoms in total.